The van der Waals surface area contributed by atoms with Crippen molar-refractivity contribution in [1.82, 2.24) is 10.2 Å². The molecule has 1 saturated heterocycles. The molecule has 0 bridgehead atoms. The van der Waals surface area contributed by atoms with Crippen LogP contribution in [0, 0.1) is 0 Å². The first kappa shape index (κ1) is 15.3. The van der Waals surface area contributed by atoms with Crippen LogP contribution in [0.4, 0.5) is 5.69 Å². The first-order valence-electron chi connectivity index (χ1n) is 8.52. The lowest BCUT2D eigenvalue weighted by molar-refractivity contribution is -0.119. The van der Waals surface area contributed by atoms with Gasteiger partial charge in [0.1, 0.15) is 0 Å². The van der Waals surface area contributed by atoms with E-state index in [9.17, 15) is 4.79 Å². The van der Waals surface area contributed by atoms with Crippen molar-refractivity contribution in [2.45, 2.75) is 39.2 Å². The molecule has 3 rings (SSSR count). The number of amides is 1. The fourth-order valence-electron chi connectivity index (χ4n) is 3.78. The molecule has 0 aromatic heterocycles. The Bertz CT molecular complexity index is 535. The van der Waals surface area contributed by atoms with Crippen LogP contribution in [-0.2, 0) is 17.6 Å². The number of piperazine rings is 1. The highest BCUT2D eigenvalue weighted by Crippen LogP contribution is 2.31. The van der Waals surface area contributed by atoms with Gasteiger partial charge in [-0.05, 0) is 43.0 Å². The van der Waals surface area contributed by atoms with E-state index in [0.29, 0.717) is 6.04 Å². The molecular formula is C18H27N3O. The average Bonchev–Trinajstić information content (AvgIpc) is 2.54. The van der Waals surface area contributed by atoms with Crippen molar-refractivity contribution >= 4 is 11.6 Å². The minimum absolute atomic E-state index is 0.0856. The molecule has 120 valence electrons. The van der Waals surface area contributed by atoms with Crippen molar-refractivity contribution in [3.05, 3.63) is 29.3 Å². The van der Waals surface area contributed by atoms with Gasteiger partial charge in [0.05, 0.1) is 0 Å². The van der Waals surface area contributed by atoms with E-state index in [-0.39, 0.29) is 5.91 Å². The Balaban J connectivity index is 1.77. The Kier molecular flexibility index (Phi) is 4.67. The van der Waals surface area contributed by atoms with Gasteiger partial charge in [0.15, 0.2) is 0 Å². The predicted octanol–water partition coefficient (Wildman–Crippen LogP) is 1.82. The van der Waals surface area contributed by atoms with Crippen LogP contribution in [0.5, 0.6) is 0 Å². The van der Waals surface area contributed by atoms with Gasteiger partial charge in [-0.3, -0.25) is 4.79 Å². The molecule has 1 aromatic carbocycles. The van der Waals surface area contributed by atoms with E-state index in [1.165, 1.54) is 16.8 Å². The van der Waals surface area contributed by atoms with Crippen molar-refractivity contribution in [3.63, 3.8) is 0 Å². The van der Waals surface area contributed by atoms with E-state index >= 15 is 0 Å². The van der Waals surface area contributed by atoms with E-state index in [1.54, 1.807) is 6.92 Å². The van der Waals surface area contributed by atoms with Crippen molar-refractivity contribution in [3.8, 4) is 0 Å². The second kappa shape index (κ2) is 6.69. The van der Waals surface area contributed by atoms with Crippen LogP contribution in [0.3, 0.4) is 0 Å². The maximum Gasteiger partial charge on any atom is 0.217 e. The summed E-state index contributed by atoms with van der Waals surface area (Å²) in [4.78, 5) is 16.4. The number of benzene rings is 1. The Morgan fingerprint density at radius 3 is 2.73 bits per heavy atom. The van der Waals surface area contributed by atoms with E-state index in [4.69, 9.17) is 0 Å². The Morgan fingerprint density at radius 1 is 1.27 bits per heavy atom. The zero-order valence-electron chi connectivity index (χ0n) is 13.8. The molecule has 1 aliphatic carbocycles. The van der Waals surface area contributed by atoms with Gasteiger partial charge in [0.2, 0.25) is 5.91 Å². The zero-order valence-corrected chi connectivity index (χ0v) is 13.8. The lowest BCUT2D eigenvalue weighted by Crippen LogP contribution is -2.47. The van der Waals surface area contributed by atoms with Crippen LogP contribution >= 0.6 is 0 Å². The van der Waals surface area contributed by atoms with Crippen molar-refractivity contribution in [1.29, 1.82) is 0 Å². The third-order valence-electron chi connectivity index (χ3n) is 5.03. The molecule has 0 spiro atoms. The van der Waals surface area contributed by atoms with Gasteiger partial charge in [0.25, 0.3) is 0 Å². The van der Waals surface area contributed by atoms with Crippen molar-refractivity contribution in [2.24, 2.45) is 0 Å². The predicted molar refractivity (Wildman–Crippen MR) is 90.4 cm³/mol. The smallest absolute Gasteiger partial charge is 0.217 e. The number of carbonyl (C=O) groups is 1. The fraction of sp³-hybridized carbons (Fsp3) is 0.611. The molecule has 0 saturated carbocycles. The highest BCUT2D eigenvalue weighted by Gasteiger charge is 2.25. The van der Waals surface area contributed by atoms with Gasteiger partial charge in [-0.25, -0.2) is 0 Å². The van der Waals surface area contributed by atoms with E-state index in [0.717, 1.165) is 52.0 Å². The molecule has 1 fully saturated rings. The van der Waals surface area contributed by atoms with E-state index < -0.39 is 0 Å². The minimum Gasteiger partial charge on any atom is -0.369 e. The summed E-state index contributed by atoms with van der Waals surface area (Å²) in [6, 6.07) is 7.00. The Morgan fingerprint density at radius 2 is 2.05 bits per heavy atom. The second-order valence-corrected chi connectivity index (χ2v) is 6.48. The largest absolute Gasteiger partial charge is 0.369 e. The Hall–Kier alpha value is -1.55. The highest BCUT2D eigenvalue weighted by molar-refractivity contribution is 5.73. The maximum atomic E-state index is 11.4. The van der Waals surface area contributed by atoms with Crippen LogP contribution in [0.15, 0.2) is 18.2 Å². The average molecular weight is 301 g/mol. The number of rotatable bonds is 3. The molecule has 1 aromatic rings. The van der Waals surface area contributed by atoms with Gasteiger partial charge < -0.3 is 15.1 Å². The summed E-state index contributed by atoms with van der Waals surface area (Å²) >= 11 is 0. The SMILES string of the molecule is CCN1CCN(c2cccc3c2CC(NC(C)=O)CC3)CC1. The summed E-state index contributed by atoms with van der Waals surface area (Å²) in [5.41, 5.74) is 4.32. The number of hydrogen-bond donors (Lipinski definition) is 1. The number of hydrogen-bond acceptors (Lipinski definition) is 3. The topological polar surface area (TPSA) is 35.6 Å². The number of fused-ring (bicyclic) bond motifs is 1. The normalized spacial score (nSPS) is 22.3. The molecule has 1 N–H and O–H groups in total. The van der Waals surface area contributed by atoms with E-state index in [1.807, 2.05) is 0 Å². The van der Waals surface area contributed by atoms with Crippen LogP contribution < -0.4 is 10.2 Å². The molecule has 1 aliphatic heterocycles. The molecule has 1 atom stereocenters. The molecular weight excluding hydrogens is 274 g/mol. The molecule has 4 heteroatoms. The molecule has 0 radical (unpaired) electrons. The van der Waals surface area contributed by atoms with Gasteiger partial charge in [-0.1, -0.05) is 19.1 Å². The third kappa shape index (κ3) is 3.27. The van der Waals surface area contributed by atoms with E-state index in [2.05, 4.69) is 40.2 Å². The summed E-state index contributed by atoms with van der Waals surface area (Å²) in [5, 5.41) is 3.10. The summed E-state index contributed by atoms with van der Waals surface area (Å²) in [7, 11) is 0. The number of aryl methyl sites for hydroxylation is 1. The molecule has 1 unspecified atom stereocenters. The Labute approximate surface area is 133 Å². The molecule has 4 nitrogen and oxygen atoms in total. The van der Waals surface area contributed by atoms with Crippen LogP contribution in [-0.4, -0.2) is 49.6 Å². The quantitative estimate of drug-likeness (QED) is 0.925. The lowest BCUT2D eigenvalue weighted by atomic mass is 9.86. The van der Waals surface area contributed by atoms with Gasteiger partial charge in [0, 0.05) is 44.8 Å². The summed E-state index contributed by atoms with van der Waals surface area (Å²) in [6.07, 6.45) is 3.10. The zero-order chi connectivity index (χ0) is 15.5. The number of likely N-dealkylation sites (N-methyl/N-ethyl adjacent to an activating group) is 1. The molecule has 22 heavy (non-hydrogen) atoms. The van der Waals surface area contributed by atoms with Crippen LogP contribution in [0.1, 0.15) is 31.4 Å². The molecule has 1 heterocycles. The van der Waals surface area contributed by atoms with Crippen LogP contribution in [0.25, 0.3) is 0 Å². The minimum atomic E-state index is 0.0856. The van der Waals surface area contributed by atoms with Gasteiger partial charge >= 0.3 is 0 Å². The first-order chi connectivity index (χ1) is 10.7. The number of anilines is 1. The summed E-state index contributed by atoms with van der Waals surface area (Å²) in [6.45, 7) is 9.50. The van der Waals surface area contributed by atoms with Crippen LogP contribution in [0.2, 0.25) is 0 Å². The summed E-state index contributed by atoms with van der Waals surface area (Å²) < 4.78 is 0. The van der Waals surface area contributed by atoms with Gasteiger partial charge in [-0.15, -0.1) is 0 Å². The second-order valence-electron chi connectivity index (χ2n) is 6.48. The highest BCUT2D eigenvalue weighted by atomic mass is 16.1. The lowest BCUT2D eigenvalue weighted by Gasteiger charge is -2.38. The number of nitrogens with zero attached hydrogens (tertiary/aromatic N) is 2. The standard InChI is InChI=1S/C18H27N3O/c1-3-20-9-11-21(12-10-20)18-6-4-5-15-7-8-16(13-17(15)18)19-14(2)22/h4-6,16H,3,7-13H2,1-2H3,(H,19,22). The monoisotopic (exact) mass is 301 g/mol. The molecule has 2 aliphatic rings. The summed E-state index contributed by atoms with van der Waals surface area (Å²) in [5.74, 6) is 0.0856. The third-order valence-corrected chi connectivity index (χ3v) is 5.03. The fourth-order valence-corrected chi connectivity index (χ4v) is 3.78. The number of nitrogens with one attached hydrogen (secondary N) is 1. The molecule has 1 amide bonds. The maximum absolute atomic E-state index is 11.4. The van der Waals surface area contributed by atoms with Gasteiger partial charge in [-0.2, -0.15) is 0 Å². The van der Waals surface area contributed by atoms with Crippen molar-refractivity contribution in [2.75, 3.05) is 37.6 Å². The first-order valence-corrected chi connectivity index (χ1v) is 8.52. The van der Waals surface area contributed by atoms with Crippen molar-refractivity contribution < 1.29 is 4.79 Å². The number of carbonyl (C=O) groups excluding carboxylic acids is 1.